The van der Waals surface area contributed by atoms with Gasteiger partial charge < -0.3 is 14.4 Å². The number of aliphatic hydroxyl groups is 1. The van der Waals surface area contributed by atoms with Crippen LogP contribution < -0.4 is 5.76 Å². The molecule has 0 aliphatic heterocycles. The summed E-state index contributed by atoms with van der Waals surface area (Å²) < 4.78 is 6.28. The molecule has 1 aromatic heterocycles. The van der Waals surface area contributed by atoms with Crippen LogP contribution in [0, 0.1) is 11.3 Å². The van der Waals surface area contributed by atoms with Crippen LogP contribution in [0.15, 0.2) is 27.4 Å². The maximum Gasteiger partial charge on any atom is 0.420 e. The maximum atomic E-state index is 12.0. The van der Waals surface area contributed by atoms with E-state index in [0.717, 1.165) is 0 Å². The van der Waals surface area contributed by atoms with E-state index in [9.17, 15) is 9.59 Å². The Morgan fingerprint density at radius 3 is 2.95 bits per heavy atom. The van der Waals surface area contributed by atoms with Gasteiger partial charge in [-0.15, -0.1) is 0 Å². The highest BCUT2D eigenvalue weighted by atomic mass is 16.4. The average Bonchev–Trinajstić information content (AvgIpc) is 2.79. The Labute approximate surface area is 120 Å². The van der Waals surface area contributed by atoms with Gasteiger partial charge >= 0.3 is 5.76 Å². The van der Waals surface area contributed by atoms with Crippen molar-refractivity contribution in [2.45, 2.75) is 19.6 Å². The van der Waals surface area contributed by atoms with Crippen LogP contribution >= 0.6 is 0 Å². The van der Waals surface area contributed by atoms with Crippen LogP contribution in [-0.2, 0) is 17.9 Å². The van der Waals surface area contributed by atoms with Gasteiger partial charge in [-0.25, -0.2) is 4.79 Å². The van der Waals surface area contributed by atoms with Gasteiger partial charge in [0.15, 0.2) is 5.58 Å². The number of hydrogen-bond acceptors (Lipinski definition) is 5. The number of amides is 1. The number of aliphatic hydroxyl groups excluding tert-OH is 1. The highest BCUT2D eigenvalue weighted by Gasteiger charge is 2.15. The first kappa shape index (κ1) is 14.8. The lowest BCUT2D eigenvalue weighted by Gasteiger charge is -2.15. The molecule has 7 nitrogen and oxygen atoms in total. The predicted molar refractivity (Wildman–Crippen MR) is 74.3 cm³/mol. The zero-order valence-electron chi connectivity index (χ0n) is 11.6. The molecule has 0 saturated carbocycles. The number of nitrogens with zero attached hydrogens (tertiary/aromatic N) is 3. The molecule has 1 N–H and O–H groups in total. The van der Waals surface area contributed by atoms with E-state index in [2.05, 4.69) is 0 Å². The number of carbonyl (C=O) groups excluding carboxylic acids is 1. The van der Waals surface area contributed by atoms with Gasteiger partial charge in [0.2, 0.25) is 5.91 Å². The summed E-state index contributed by atoms with van der Waals surface area (Å²) in [4.78, 5) is 25.2. The minimum atomic E-state index is -0.623. The Balaban J connectivity index is 2.29. The summed E-state index contributed by atoms with van der Waals surface area (Å²) in [7, 11) is 1.58. The molecule has 2 rings (SSSR count). The lowest BCUT2D eigenvalue weighted by molar-refractivity contribution is -0.130. The molecule has 110 valence electrons. The van der Waals surface area contributed by atoms with Gasteiger partial charge in [0.25, 0.3) is 0 Å². The fourth-order valence-electron chi connectivity index (χ4n) is 1.95. The second kappa shape index (κ2) is 6.24. The lowest BCUT2D eigenvalue weighted by Crippen LogP contribution is -2.33. The van der Waals surface area contributed by atoms with Crippen molar-refractivity contribution in [3.63, 3.8) is 0 Å². The minimum absolute atomic E-state index is 0.161. The number of likely N-dealkylation sites (N-methyl/N-ethyl adjacent to an activating group) is 1. The Hall–Kier alpha value is -2.59. The van der Waals surface area contributed by atoms with Crippen LogP contribution in [0.3, 0.4) is 0 Å². The molecule has 21 heavy (non-hydrogen) atoms. The molecule has 0 spiro atoms. The van der Waals surface area contributed by atoms with Crippen LogP contribution in [0.25, 0.3) is 11.1 Å². The van der Waals surface area contributed by atoms with Gasteiger partial charge in [-0.3, -0.25) is 9.36 Å². The Morgan fingerprint density at radius 1 is 1.52 bits per heavy atom. The molecule has 0 aliphatic rings. The molecule has 2 aromatic rings. The summed E-state index contributed by atoms with van der Waals surface area (Å²) >= 11 is 0. The first-order valence-electron chi connectivity index (χ1n) is 6.41. The van der Waals surface area contributed by atoms with E-state index in [1.807, 2.05) is 6.07 Å². The van der Waals surface area contributed by atoms with E-state index in [1.54, 1.807) is 25.2 Å². The van der Waals surface area contributed by atoms with Crippen molar-refractivity contribution in [1.29, 1.82) is 5.26 Å². The highest BCUT2D eigenvalue weighted by Crippen LogP contribution is 2.15. The van der Waals surface area contributed by atoms with E-state index < -0.39 is 5.76 Å². The molecule has 0 unspecified atom stereocenters. The smallest absolute Gasteiger partial charge is 0.408 e. The molecule has 0 fully saturated rings. The summed E-state index contributed by atoms with van der Waals surface area (Å²) in [5, 5.41) is 17.7. The van der Waals surface area contributed by atoms with E-state index >= 15 is 0 Å². The zero-order chi connectivity index (χ0) is 15.4. The molecule has 0 bridgehead atoms. The van der Waals surface area contributed by atoms with Crippen LogP contribution in [-0.4, -0.2) is 34.1 Å². The van der Waals surface area contributed by atoms with Crippen molar-refractivity contribution in [2.24, 2.45) is 0 Å². The van der Waals surface area contributed by atoms with Gasteiger partial charge in [-0.1, -0.05) is 6.07 Å². The predicted octanol–water partition coefficient (Wildman–Crippen LogP) is 0.459. The third-order valence-electron chi connectivity index (χ3n) is 3.19. The van der Waals surface area contributed by atoms with Crippen LogP contribution in [0.4, 0.5) is 0 Å². The second-order valence-corrected chi connectivity index (χ2v) is 4.64. The topological polar surface area (TPSA) is 99.5 Å². The second-order valence-electron chi connectivity index (χ2n) is 4.64. The highest BCUT2D eigenvalue weighted by molar-refractivity contribution is 5.79. The molecule has 0 radical (unpaired) electrons. The summed E-state index contributed by atoms with van der Waals surface area (Å²) in [6.45, 7) is -0.0181. The Morgan fingerprint density at radius 2 is 2.29 bits per heavy atom. The summed E-state index contributed by atoms with van der Waals surface area (Å²) in [6, 6.07) is 6.81. The van der Waals surface area contributed by atoms with E-state index in [0.29, 0.717) is 23.2 Å². The maximum absolute atomic E-state index is 12.0. The van der Waals surface area contributed by atoms with Crippen molar-refractivity contribution in [1.82, 2.24) is 9.47 Å². The lowest BCUT2D eigenvalue weighted by atomic mass is 10.2. The van der Waals surface area contributed by atoms with E-state index in [4.69, 9.17) is 14.8 Å². The van der Waals surface area contributed by atoms with Crippen LogP contribution in [0.2, 0.25) is 0 Å². The number of hydrogen-bond donors (Lipinski definition) is 1. The summed E-state index contributed by atoms with van der Waals surface area (Å²) in [5.74, 6) is -0.911. The third-order valence-corrected chi connectivity index (χ3v) is 3.19. The summed E-state index contributed by atoms with van der Waals surface area (Å²) in [5.41, 5.74) is 1.46. The quantitative estimate of drug-likeness (QED) is 0.862. The number of benzene rings is 1. The fraction of sp³-hybridized carbons (Fsp3) is 0.357. The molecule has 0 atom stereocenters. The number of oxazole rings is 1. The minimum Gasteiger partial charge on any atom is -0.408 e. The van der Waals surface area contributed by atoms with Crippen molar-refractivity contribution in [3.05, 3.63) is 34.3 Å². The fourth-order valence-corrected chi connectivity index (χ4v) is 1.95. The first-order chi connectivity index (χ1) is 10.1. The Bertz CT molecular complexity index is 754. The zero-order valence-corrected chi connectivity index (χ0v) is 11.6. The van der Waals surface area contributed by atoms with Gasteiger partial charge in [0.1, 0.15) is 6.54 Å². The molecule has 1 amide bonds. The van der Waals surface area contributed by atoms with Crippen molar-refractivity contribution >= 4 is 17.0 Å². The SMILES string of the molecule is CN(CCC#N)C(=O)Cn1c(=O)oc2ccc(CO)cc21. The van der Waals surface area contributed by atoms with Gasteiger partial charge in [-0.2, -0.15) is 5.26 Å². The number of nitriles is 1. The molecule has 1 heterocycles. The molecular formula is C14H15N3O4. The van der Waals surface area contributed by atoms with Gasteiger partial charge in [0, 0.05) is 13.6 Å². The molecular weight excluding hydrogens is 274 g/mol. The molecule has 0 saturated heterocycles. The Kier molecular flexibility index (Phi) is 4.40. The third kappa shape index (κ3) is 3.12. The van der Waals surface area contributed by atoms with E-state index in [1.165, 1.54) is 9.47 Å². The number of carbonyl (C=O) groups is 1. The molecule has 1 aromatic carbocycles. The monoisotopic (exact) mass is 289 g/mol. The number of aromatic nitrogens is 1. The summed E-state index contributed by atoms with van der Waals surface area (Å²) in [6.07, 6.45) is 0.234. The van der Waals surface area contributed by atoms with Crippen molar-refractivity contribution in [3.8, 4) is 6.07 Å². The van der Waals surface area contributed by atoms with Crippen LogP contribution in [0.1, 0.15) is 12.0 Å². The van der Waals surface area contributed by atoms with Gasteiger partial charge in [-0.05, 0) is 17.7 Å². The molecule has 7 heteroatoms. The van der Waals surface area contributed by atoms with Crippen molar-refractivity contribution < 1.29 is 14.3 Å². The van der Waals surface area contributed by atoms with Crippen molar-refractivity contribution in [2.75, 3.05) is 13.6 Å². The van der Waals surface area contributed by atoms with Crippen LogP contribution in [0.5, 0.6) is 0 Å². The molecule has 0 aliphatic carbocycles. The number of fused-ring (bicyclic) bond motifs is 1. The van der Waals surface area contributed by atoms with Gasteiger partial charge in [0.05, 0.1) is 24.6 Å². The largest absolute Gasteiger partial charge is 0.420 e. The van der Waals surface area contributed by atoms with E-state index in [-0.39, 0.29) is 25.5 Å². The first-order valence-corrected chi connectivity index (χ1v) is 6.41. The standard InChI is InChI=1S/C14H15N3O4/c1-16(6-2-5-15)13(19)8-17-11-7-10(9-18)3-4-12(11)21-14(17)20/h3-4,7,18H,2,6,8-9H2,1H3. The average molecular weight is 289 g/mol. The number of rotatable bonds is 5. The normalized spacial score (nSPS) is 10.5.